The first-order valence-electron chi connectivity index (χ1n) is 8.22. The Morgan fingerprint density at radius 3 is 2.16 bits per heavy atom. The normalized spacial score (nSPS) is 11.9. The van der Waals surface area contributed by atoms with E-state index in [1.807, 2.05) is 39.8 Å². The zero-order valence-electron chi connectivity index (χ0n) is 14.9. The fourth-order valence-electron chi connectivity index (χ4n) is 2.41. The molecule has 1 atom stereocenters. The summed E-state index contributed by atoms with van der Waals surface area (Å²) in [7, 11) is 0. The van der Waals surface area contributed by atoms with Crippen molar-refractivity contribution in [2.75, 3.05) is 5.32 Å². The van der Waals surface area contributed by atoms with Gasteiger partial charge in [-0.05, 0) is 49.6 Å². The van der Waals surface area contributed by atoms with Gasteiger partial charge in [0.05, 0.1) is 5.69 Å². The molecular formula is C20H23FN2O2. The van der Waals surface area contributed by atoms with Crippen molar-refractivity contribution in [3.05, 3.63) is 65.0 Å². The quantitative estimate of drug-likeness (QED) is 0.867. The number of hydrogen-bond donors (Lipinski definition) is 2. The number of halogens is 1. The molecule has 0 saturated carbocycles. The molecule has 25 heavy (non-hydrogen) atoms. The number of carbonyl (C=O) groups excluding carboxylic acids is 2. The van der Waals surface area contributed by atoms with E-state index in [2.05, 4.69) is 10.6 Å². The Bertz CT molecular complexity index is 770. The van der Waals surface area contributed by atoms with Crippen molar-refractivity contribution < 1.29 is 14.0 Å². The van der Waals surface area contributed by atoms with Gasteiger partial charge in [0.25, 0.3) is 5.91 Å². The molecule has 0 aliphatic rings. The van der Waals surface area contributed by atoms with Crippen LogP contribution >= 0.6 is 0 Å². The molecule has 0 aliphatic heterocycles. The summed E-state index contributed by atoms with van der Waals surface area (Å²) >= 11 is 0. The molecule has 0 saturated heterocycles. The SMILES string of the molecule is Cc1ccc(C(=O)NC(C(=O)Nc2cc(C)ccc2F)C(C)C)cc1. The van der Waals surface area contributed by atoms with Gasteiger partial charge >= 0.3 is 0 Å². The Morgan fingerprint density at radius 2 is 1.56 bits per heavy atom. The molecule has 2 aromatic rings. The van der Waals surface area contributed by atoms with E-state index in [1.54, 1.807) is 24.3 Å². The Morgan fingerprint density at radius 1 is 0.960 bits per heavy atom. The fraction of sp³-hybridized carbons (Fsp3) is 0.300. The second-order valence-electron chi connectivity index (χ2n) is 6.53. The van der Waals surface area contributed by atoms with Crippen LogP contribution in [0.3, 0.4) is 0 Å². The molecule has 1 unspecified atom stereocenters. The molecule has 132 valence electrons. The van der Waals surface area contributed by atoms with Crippen LogP contribution in [-0.4, -0.2) is 17.9 Å². The van der Waals surface area contributed by atoms with E-state index in [0.717, 1.165) is 11.1 Å². The lowest BCUT2D eigenvalue weighted by Crippen LogP contribution is -2.47. The van der Waals surface area contributed by atoms with Gasteiger partial charge in [0.1, 0.15) is 11.9 Å². The maximum atomic E-state index is 13.9. The van der Waals surface area contributed by atoms with Gasteiger partial charge in [0, 0.05) is 5.56 Å². The molecule has 5 heteroatoms. The number of amides is 2. The van der Waals surface area contributed by atoms with Gasteiger partial charge < -0.3 is 10.6 Å². The molecule has 0 aliphatic carbocycles. The number of aryl methyl sites for hydroxylation is 2. The standard InChI is InChI=1S/C20H23FN2O2/c1-12(2)18(23-19(24)15-8-5-13(3)6-9-15)20(25)22-17-11-14(4)7-10-16(17)21/h5-12,18H,1-4H3,(H,22,25)(H,23,24). The fourth-order valence-corrected chi connectivity index (χ4v) is 2.41. The predicted molar refractivity (Wildman–Crippen MR) is 97.0 cm³/mol. The van der Waals surface area contributed by atoms with E-state index in [1.165, 1.54) is 6.07 Å². The van der Waals surface area contributed by atoms with Crippen LogP contribution in [-0.2, 0) is 4.79 Å². The summed E-state index contributed by atoms with van der Waals surface area (Å²) in [5, 5.41) is 5.30. The minimum absolute atomic E-state index is 0.111. The summed E-state index contributed by atoms with van der Waals surface area (Å²) in [6.07, 6.45) is 0. The zero-order chi connectivity index (χ0) is 18.6. The Labute approximate surface area is 147 Å². The van der Waals surface area contributed by atoms with E-state index in [9.17, 15) is 14.0 Å². The molecule has 2 amide bonds. The molecule has 0 radical (unpaired) electrons. The van der Waals surface area contributed by atoms with E-state index in [4.69, 9.17) is 0 Å². The summed E-state index contributed by atoms with van der Waals surface area (Å²) in [5.41, 5.74) is 2.47. The smallest absolute Gasteiger partial charge is 0.251 e. The van der Waals surface area contributed by atoms with Crippen LogP contribution < -0.4 is 10.6 Å². The highest BCUT2D eigenvalue weighted by molar-refractivity contribution is 6.01. The van der Waals surface area contributed by atoms with Gasteiger partial charge in [0.15, 0.2) is 0 Å². The molecule has 0 heterocycles. The van der Waals surface area contributed by atoms with Crippen molar-refractivity contribution in [3.63, 3.8) is 0 Å². The van der Waals surface area contributed by atoms with Crippen molar-refractivity contribution in [1.82, 2.24) is 5.32 Å². The van der Waals surface area contributed by atoms with Gasteiger partial charge in [0.2, 0.25) is 5.91 Å². The van der Waals surface area contributed by atoms with Crippen LogP contribution in [0.5, 0.6) is 0 Å². The number of benzene rings is 2. The highest BCUT2D eigenvalue weighted by Crippen LogP contribution is 2.17. The Balaban J connectivity index is 2.14. The Kier molecular flexibility index (Phi) is 5.91. The minimum Gasteiger partial charge on any atom is -0.340 e. The molecule has 2 N–H and O–H groups in total. The minimum atomic E-state index is -0.770. The van der Waals surface area contributed by atoms with E-state index in [0.29, 0.717) is 5.56 Å². The van der Waals surface area contributed by atoms with Gasteiger partial charge in [-0.25, -0.2) is 4.39 Å². The van der Waals surface area contributed by atoms with Crippen molar-refractivity contribution in [2.24, 2.45) is 5.92 Å². The van der Waals surface area contributed by atoms with E-state index < -0.39 is 17.8 Å². The van der Waals surface area contributed by atoms with Gasteiger partial charge in [-0.15, -0.1) is 0 Å². The van der Waals surface area contributed by atoms with E-state index in [-0.39, 0.29) is 17.5 Å². The lowest BCUT2D eigenvalue weighted by atomic mass is 10.0. The molecule has 2 aromatic carbocycles. The summed E-state index contributed by atoms with van der Waals surface area (Å²) in [5.74, 6) is -1.44. The number of rotatable bonds is 5. The average Bonchev–Trinajstić information content (AvgIpc) is 2.56. The maximum Gasteiger partial charge on any atom is 0.251 e. The molecule has 0 fully saturated rings. The highest BCUT2D eigenvalue weighted by Gasteiger charge is 2.25. The third-order valence-corrected chi connectivity index (χ3v) is 3.93. The summed E-state index contributed by atoms with van der Waals surface area (Å²) < 4.78 is 13.9. The molecule has 2 rings (SSSR count). The molecule has 0 aromatic heterocycles. The lowest BCUT2D eigenvalue weighted by Gasteiger charge is -2.22. The molecule has 4 nitrogen and oxygen atoms in total. The summed E-state index contributed by atoms with van der Waals surface area (Å²) in [6, 6.07) is 10.8. The highest BCUT2D eigenvalue weighted by atomic mass is 19.1. The van der Waals surface area contributed by atoms with Crippen LogP contribution in [0, 0.1) is 25.6 Å². The molecule has 0 spiro atoms. The third kappa shape index (κ3) is 4.89. The van der Waals surface area contributed by atoms with Gasteiger partial charge in [-0.2, -0.15) is 0 Å². The molecular weight excluding hydrogens is 319 g/mol. The van der Waals surface area contributed by atoms with Crippen molar-refractivity contribution >= 4 is 17.5 Å². The van der Waals surface area contributed by atoms with Crippen molar-refractivity contribution in [1.29, 1.82) is 0 Å². The second-order valence-corrected chi connectivity index (χ2v) is 6.53. The second kappa shape index (κ2) is 7.92. The largest absolute Gasteiger partial charge is 0.340 e. The number of anilines is 1. The van der Waals surface area contributed by atoms with Crippen LogP contribution in [0.1, 0.15) is 35.3 Å². The average molecular weight is 342 g/mol. The van der Waals surface area contributed by atoms with Crippen molar-refractivity contribution in [3.8, 4) is 0 Å². The number of nitrogens with one attached hydrogen (secondary N) is 2. The first-order valence-corrected chi connectivity index (χ1v) is 8.22. The summed E-state index contributed by atoms with van der Waals surface area (Å²) in [6.45, 7) is 7.40. The predicted octanol–water partition coefficient (Wildman–Crippen LogP) is 3.84. The monoisotopic (exact) mass is 342 g/mol. The number of carbonyl (C=O) groups is 2. The zero-order valence-corrected chi connectivity index (χ0v) is 14.9. The maximum absolute atomic E-state index is 13.9. The van der Waals surface area contributed by atoms with Gasteiger partial charge in [-0.1, -0.05) is 37.6 Å². The van der Waals surface area contributed by atoms with Crippen LogP contribution in [0.15, 0.2) is 42.5 Å². The first-order chi connectivity index (χ1) is 11.8. The topological polar surface area (TPSA) is 58.2 Å². The molecule has 0 bridgehead atoms. The summed E-state index contributed by atoms with van der Waals surface area (Å²) in [4.78, 5) is 24.9. The number of hydrogen-bond acceptors (Lipinski definition) is 2. The Hall–Kier alpha value is -2.69. The van der Waals surface area contributed by atoms with Gasteiger partial charge in [-0.3, -0.25) is 9.59 Å². The van der Waals surface area contributed by atoms with Crippen LogP contribution in [0.25, 0.3) is 0 Å². The lowest BCUT2D eigenvalue weighted by molar-refractivity contribution is -0.118. The van der Waals surface area contributed by atoms with Crippen molar-refractivity contribution in [2.45, 2.75) is 33.7 Å². The third-order valence-electron chi connectivity index (χ3n) is 3.93. The van der Waals surface area contributed by atoms with Crippen LogP contribution in [0.2, 0.25) is 0 Å². The first kappa shape index (κ1) is 18.6. The van der Waals surface area contributed by atoms with E-state index >= 15 is 0 Å². The van der Waals surface area contributed by atoms with Crippen LogP contribution in [0.4, 0.5) is 10.1 Å².